The lowest BCUT2D eigenvalue weighted by Crippen LogP contribution is -2.41. The van der Waals surface area contributed by atoms with Gasteiger partial charge < -0.3 is 10.2 Å². The molecule has 1 atom stereocenters. The fourth-order valence-electron chi connectivity index (χ4n) is 3.56. The van der Waals surface area contributed by atoms with Crippen LogP contribution < -0.4 is 10.2 Å². The second kappa shape index (κ2) is 8.10. The summed E-state index contributed by atoms with van der Waals surface area (Å²) in [7, 11) is 0. The SMILES string of the molecule is Cc1nccn1-c1ccc(N2CCCC(C(=O)Nc3ccccc3C#N)C2)nn1. The molecule has 8 nitrogen and oxygen atoms in total. The van der Waals surface area contributed by atoms with Gasteiger partial charge in [-0.25, -0.2) is 4.98 Å². The maximum atomic E-state index is 12.8. The van der Waals surface area contributed by atoms with Crippen LogP contribution in [-0.2, 0) is 4.79 Å². The lowest BCUT2D eigenvalue weighted by atomic mass is 9.97. The molecule has 1 aliphatic rings. The van der Waals surface area contributed by atoms with Gasteiger partial charge in [0.15, 0.2) is 11.6 Å². The molecule has 0 bridgehead atoms. The molecule has 0 saturated carbocycles. The number of para-hydroxylation sites is 1. The Morgan fingerprint density at radius 3 is 2.72 bits per heavy atom. The number of hydrogen-bond acceptors (Lipinski definition) is 6. The van der Waals surface area contributed by atoms with Crippen LogP contribution in [0.15, 0.2) is 48.8 Å². The molecule has 1 saturated heterocycles. The van der Waals surface area contributed by atoms with Crippen molar-refractivity contribution in [1.82, 2.24) is 19.7 Å². The van der Waals surface area contributed by atoms with Crippen molar-refractivity contribution >= 4 is 17.4 Å². The van der Waals surface area contributed by atoms with Gasteiger partial charge in [0.2, 0.25) is 5.91 Å². The van der Waals surface area contributed by atoms with E-state index in [0.29, 0.717) is 23.6 Å². The highest BCUT2D eigenvalue weighted by Gasteiger charge is 2.27. The van der Waals surface area contributed by atoms with Crippen molar-refractivity contribution in [3.63, 3.8) is 0 Å². The number of amides is 1. The molecule has 1 unspecified atom stereocenters. The molecule has 3 heterocycles. The van der Waals surface area contributed by atoms with Gasteiger partial charge in [0, 0.05) is 25.5 Å². The van der Waals surface area contributed by atoms with E-state index in [4.69, 9.17) is 0 Å². The molecule has 1 aromatic carbocycles. The lowest BCUT2D eigenvalue weighted by Gasteiger charge is -2.32. The topological polar surface area (TPSA) is 99.7 Å². The Kier molecular flexibility index (Phi) is 5.20. The summed E-state index contributed by atoms with van der Waals surface area (Å²) in [5.41, 5.74) is 1.02. The van der Waals surface area contributed by atoms with Crippen molar-refractivity contribution in [2.24, 2.45) is 5.92 Å². The minimum absolute atomic E-state index is 0.0731. The fraction of sp³-hybridized carbons (Fsp3) is 0.286. The van der Waals surface area contributed by atoms with Gasteiger partial charge in [-0.1, -0.05) is 12.1 Å². The molecule has 0 spiro atoms. The highest BCUT2D eigenvalue weighted by atomic mass is 16.1. The summed E-state index contributed by atoms with van der Waals surface area (Å²) < 4.78 is 1.87. The van der Waals surface area contributed by atoms with E-state index in [1.165, 1.54) is 0 Å². The van der Waals surface area contributed by atoms with Crippen molar-refractivity contribution in [3.8, 4) is 11.9 Å². The Bertz CT molecular complexity index is 1050. The van der Waals surface area contributed by atoms with Gasteiger partial charge in [-0.3, -0.25) is 9.36 Å². The van der Waals surface area contributed by atoms with Crippen molar-refractivity contribution in [1.29, 1.82) is 5.26 Å². The molecule has 146 valence electrons. The Balaban J connectivity index is 1.45. The third kappa shape index (κ3) is 3.94. The molecule has 0 aliphatic carbocycles. The fourth-order valence-corrected chi connectivity index (χ4v) is 3.56. The number of benzene rings is 1. The predicted molar refractivity (Wildman–Crippen MR) is 109 cm³/mol. The molecule has 0 radical (unpaired) electrons. The number of aryl methyl sites for hydroxylation is 1. The molecule has 1 aliphatic heterocycles. The van der Waals surface area contributed by atoms with Gasteiger partial charge >= 0.3 is 0 Å². The average molecular weight is 387 g/mol. The van der Waals surface area contributed by atoms with E-state index in [1.54, 1.807) is 24.4 Å². The maximum Gasteiger partial charge on any atom is 0.229 e. The van der Waals surface area contributed by atoms with E-state index in [-0.39, 0.29) is 11.8 Å². The summed E-state index contributed by atoms with van der Waals surface area (Å²) in [4.78, 5) is 19.1. The van der Waals surface area contributed by atoms with Crippen LogP contribution >= 0.6 is 0 Å². The third-order valence-electron chi connectivity index (χ3n) is 5.13. The summed E-state index contributed by atoms with van der Waals surface area (Å²) in [6.45, 7) is 3.31. The van der Waals surface area contributed by atoms with Gasteiger partial charge in [0.25, 0.3) is 0 Å². The largest absolute Gasteiger partial charge is 0.354 e. The normalized spacial score (nSPS) is 16.3. The summed E-state index contributed by atoms with van der Waals surface area (Å²) in [5, 5.41) is 20.8. The number of nitrogens with one attached hydrogen (secondary N) is 1. The molecule has 4 rings (SSSR count). The molecular weight excluding hydrogens is 366 g/mol. The lowest BCUT2D eigenvalue weighted by molar-refractivity contribution is -0.120. The van der Waals surface area contributed by atoms with E-state index in [0.717, 1.165) is 31.0 Å². The quantitative estimate of drug-likeness (QED) is 0.739. The van der Waals surface area contributed by atoms with Crippen molar-refractivity contribution < 1.29 is 4.79 Å². The van der Waals surface area contributed by atoms with Crippen LogP contribution in [0.25, 0.3) is 5.82 Å². The standard InChI is InChI=1S/C21H21N7O/c1-15-23-10-12-28(15)20-9-8-19(25-26-20)27-11-4-6-17(14-27)21(29)24-18-7-3-2-5-16(18)13-22/h2-3,5,7-10,12,17H,4,6,11,14H2,1H3,(H,24,29). The highest BCUT2D eigenvalue weighted by Crippen LogP contribution is 2.24. The van der Waals surface area contributed by atoms with E-state index >= 15 is 0 Å². The van der Waals surface area contributed by atoms with Gasteiger partial charge in [-0.05, 0) is 44.0 Å². The number of anilines is 2. The molecule has 29 heavy (non-hydrogen) atoms. The van der Waals surface area contributed by atoms with Gasteiger partial charge in [0.05, 0.1) is 17.2 Å². The number of rotatable bonds is 4. The summed E-state index contributed by atoms with van der Waals surface area (Å²) in [6.07, 6.45) is 5.27. The number of hydrogen-bond donors (Lipinski definition) is 1. The first-order chi connectivity index (χ1) is 14.2. The summed E-state index contributed by atoms with van der Waals surface area (Å²) in [5.74, 6) is 2.06. The first-order valence-corrected chi connectivity index (χ1v) is 9.54. The van der Waals surface area contributed by atoms with Crippen LogP contribution in [0.1, 0.15) is 24.2 Å². The van der Waals surface area contributed by atoms with Gasteiger partial charge in [-0.15, -0.1) is 10.2 Å². The van der Waals surface area contributed by atoms with Crippen LogP contribution in [0.5, 0.6) is 0 Å². The number of carbonyl (C=O) groups is 1. The number of imidazole rings is 1. The first-order valence-electron chi connectivity index (χ1n) is 9.54. The first kappa shape index (κ1) is 18.6. The zero-order valence-corrected chi connectivity index (χ0v) is 16.1. The monoisotopic (exact) mass is 387 g/mol. The van der Waals surface area contributed by atoms with Crippen LogP contribution in [0.3, 0.4) is 0 Å². The third-order valence-corrected chi connectivity index (χ3v) is 5.13. The number of nitriles is 1. The molecular formula is C21H21N7O. The smallest absolute Gasteiger partial charge is 0.229 e. The van der Waals surface area contributed by atoms with Gasteiger partial charge in [0.1, 0.15) is 11.9 Å². The van der Waals surface area contributed by atoms with Crippen molar-refractivity contribution in [3.05, 3.63) is 60.2 Å². The van der Waals surface area contributed by atoms with Crippen molar-refractivity contribution in [2.75, 3.05) is 23.3 Å². The zero-order valence-electron chi connectivity index (χ0n) is 16.1. The molecule has 1 amide bonds. The number of piperidine rings is 1. The highest BCUT2D eigenvalue weighted by molar-refractivity contribution is 5.94. The molecule has 8 heteroatoms. The van der Waals surface area contributed by atoms with E-state index in [9.17, 15) is 10.1 Å². The van der Waals surface area contributed by atoms with E-state index < -0.39 is 0 Å². The summed E-state index contributed by atoms with van der Waals surface area (Å²) >= 11 is 0. The Morgan fingerprint density at radius 2 is 2.00 bits per heavy atom. The molecule has 1 fully saturated rings. The minimum atomic E-state index is -0.173. The van der Waals surface area contributed by atoms with E-state index in [2.05, 4.69) is 31.5 Å². The van der Waals surface area contributed by atoms with Crippen molar-refractivity contribution in [2.45, 2.75) is 19.8 Å². The van der Waals surface area contributed by atoms with Crippen LogP contribution in [0.2, 0.25) is 0 Å². The van der Waals surface area contributed by atoms with Crippen LogP contribution in [-0.4, -0.2) is 38.7 Å². The van der Waals surface area contributed by atoms with E-state index in [1.807, 2.05) is 35.9 Å². The Hall–Kier alpha value is -3.73. The Labute approximate surface area is 168 Å². The number of aromatic nitrogens is 4. The summed E-state index contributed by atoms with van der Waals surface area (Å²) in [6, 6.07) is 13.0. The second-order valence-electron chi connectivity index (χ2n) is 7.03. The van der Waals surface area contributed by atoms with Crippen LogP contribution in [0, 0.1) is 24.2 Å². The van der Waals surface area contributed by atoms with Crippen LogP contribution in [0.4, 0.5) is 11.5 Å². The Morgan fingerprint density at radius 1 is 1.21 bits per heavy atom. The maximum absolute atomic E-state index is 12.8. The zero-order chi connectivity index (χ0) is 20.2. The molecule has 2 aromatic heterocycles. The average Bonchev–Trinajstić information content (AvgIpc) is 3.20. The molecule has 3 aromatic rings. The predicted octanol–water partition coefficient (Wildman–Crippen LogP) is 2.70. The molecule has 1 N–H and O–H groups in total. The second-order valence-corrected chi connectivity index (χ2v) is 7.03. The minimum Gasteiger partial charge on any atom is -0.354 e. The number of carbonyl (C=O) groups excluding carboxylic acids is 1. The van der Waals surface area contributed by atoms with Gasteiger partial charge in [-0.2, -0.15) is 5.26 Å². The number of nitrogens with zero attached hydrogens (tertiary/aromatic N) is 6.